The number of fused-ring (bicyclic) bond motifs is 3. The lowest BCUT2D eigenvalue weighted by Crippen LogP contribution is -2.69. The number of aliphatic hydroxyl groups is 3. The molecule has 5 rings (SSSR count). The molecular formula is C36H38O9. The monoisotopic (exact) mass is 614 g/mol. The summed E-state index contributed by atoms with van der Waals surface area (Å²) in [4.78, 5) is 52.7. The summed E-state index contributed by atoms with van der Waals surface area (Å²) >= 11 is 0. The highest BCUT2D eigenvalue weighted by atomic mass is 16.5. The minimum atomic E-state index is -2.66. The van der Waals surface area contributed by atoms with Gasteiger partial charge >= 0.3 is 5.97 Å². The first-order valence-corrected chi connectivity index (χ1v) is 14.9. The Bertz CT molecular complexity index is 1730. The predicted octanol–water partition coefficient (Wildman–Crippen LogP) is 5.13. The van der Waals surface area contributed by atoms with E-state index in [9.17, 15) is 39.6 Å². The van der Waals surface area contributed by atoms with Crippen molar-refractivity contribution >= 4 is 29.1 Å². The quantitative estimate of drug-likeness (QED) is 0.188. The van der Waals surface area contributed by atoms with Crippen molar-refractivity contribution in [2.24, 2.45) is 22.7 Å². The molecule has 0 aliphatic heterocycles. The Morgan fingerprint density at radius 2 is 1.71 bits per heavy atom. The third-order valence-corrected chi connectivity index (χ3v) is 9.86. The van der Waals surface area contributed by atoms with Gasteiger partial charge in [0.25, 0.3) is 0 Å². The van der Waals surface area contributed by atoms with Gasteiger partial charge in [-0.05, 0) is 54.0 Å². The van der Waals surface area contributed by atoms with Crippen LogP contribution >= 0.6 is 0 Å². The maximum absolute atomic E-state index is 14.4. The fourth-order valence-electron chi connectivity index (χ4n) is 8.16. The van der Waals surface area contributed by atoms with Crippen LogP contribution in [-0.4, -0.2) is 56.0 Å². The molecule has 1 saturated carbocycles. The van der Waals surface area contributed by atoms with E-state index in [-0.39, 0.29) is 42.8 Å². The normalized spacial score (nSPS) is 27.6. The summed E-state index contributed by atoms with van der Waals surface area (Å²) in [5.74, 6) is -6.00. The zero-order valence-corrected chi connectivity index (χ0v) is 26.1. The van der Waals surface area contributed by atoms with Crippen LogP contribution in [-0.2, 0) is 36.8 Å². The molecule has 4 atom stereocenters. The van der Waals surface area contributed by atoms with Crippen LogP contribution in [0.2, 0.25) is 0 Å². The van der Waals surface area contributed by atoms with Crippen molar-refractivity contribution in [2.75, 3.05) is 6.61 Å². The van der Waals surface area contributed by atoms with E-state index in [1.165, 1.54) is 12.1 Å². The molecule has 0 radical (unpaired) electrons. The molecule has 236 valence electrons. The number of aliphatic hydroxyl groups excluding tert-OH is 2. The summed E-state index contributed by atoms with van der Waals surface area (Å²) in [6.07, 6.45) is 1.72. The number of allylic oxidation sites excluding steroid dienone is 1. The van der Waals surface area contributed by atoms with Crippen LogP contribution in [0.4, 0.5) is 0 Å². The molecule has 2 aromatic carbocycles. The highest BCUT2D eigenvalue weighted by Crippen LogP contribution is 2.65. The number of ether oxygens (including phenoxy) is 1. The van der Waals surface area contributed by atoms with Gasteiger partial charge in [0.2, 0.25) is 5.78 Å². The lowest BCUT2D eigenvalue weighted by molar-refractivity contribution is -0.178. The van der Waals surface area contributed by atoms with Gasteiger partial charge in [0, 0.05) is 22.3 Å². The molecule has 0 heterocycles. The van der Waals surface area contributed by atoms with E-state index in [4.69, 9.17) is 4.74 Å². The lowest BCUT2D eigenvalue weighted by Gasteiger charge is -2.59. The summed E-state index contributed by atoms with van der Waals surface area (Å²) in [7, 11) is 0. The van der Waals surface area contributed by atoms with Crippen LogP contribution in [0.5, 0.6) is 5.75 Å². The van der Waals surface area contributed by atoms with Gasteiger partial charge < -0.3 is 25.2 Å². The zero-order valence-electron chi connectivity index (χ0n) is 26.1. The first-order chi connectivity index (χ1) is 21.0. The Morgan fingerprint density at radius 3 is 2.29 bits per heavy atom. The zero-order chi connectivity index (χ0) is 33.2. The summed E-state index contributed by atoms with van der Waals surface area (Å²) in [6, 6.07) is 10.3. The standard InChI is InChI=1S/C36H38O9/c1-7-14-45-25(39)15-20-8-10-21(11-9-20)22-12-13-24(38)27-23(22)16-34(5)17-35(6)28(18(2)3)30(40)26(19(4)37)32(42)36(35,44)33(43)29(34)31(27)41/h7-13,18,28,38,41-42,44H,1,14-17H2,2-6H3/t28?,34-,35-,36+/m1/s1. The number of carbonyl (C=O) groups is 4. The number of aromatic hydroxyl groups is 1. The molecular weight excluding hydrogens is 576 g/mol. The Morgan fingerprint density at radius 1 is 1.07 bits per heavy atom. The molecule has 1 unspecified atom stereocenters. The SMILES string of the molecule is C=CCOC(=O)Cc1ccc(-c2ccc(O)c3c2C[C@]2(C)C[C@]4(C)C(C(C)C)C(=O)C(C(C)=O)=C(O)[C@]4(O)C(=O)C2=C3O)cc1. The Labute approximate surface area is 261 Å². The van der Waals surface area contributed by atoms with Crippen LogP contribution in [0.1, 0.15) is 57.7 Å². The fraction of sp³-hybridized carbons (Fsp3) is 0.389. The van der Waals surface area contributed by atoms with E-state index in [1.807, 2.05) is 12.1 Å². The molecule has 4 N–H and O–H groups in total. The second kappa shape index (κ2) is 10.8. The van der Waals surface area contributed by atoms with E-state index in [1.54, 1.807) is 45.9 Å². The number of carbonyl (C=O) groups excluding carboxylic acids is 4. The Kier molecular flexibility index (Phi) is 7.69. The van der Waals surface area contributed by atoms with Crippen molar-refractivity contribution in [1.29, 1.82) is 0 Å². The smallest absolute Gasteiger partial charge is 0.310 e. The number of ketones is 3. The summed E-state index contributed by atoms with van der Waals surface area (Å²) in [6.45, 7) is 11.6. The van der Waals surface area contributed by atoms with Gasteiger partial charge in [-0.1, -0.05) is 70.7 Å². The molecule has 3 aliphatic rings. The van der Waals surface area contributed by atoms with E-state index in [2.05, 4.69) is 6.58 Å². The third-order valence-electron chi connectivity index (χ3n) is 9.86. The van der Waals surface area contributed by atoms with Crippen LogP contribution in [0.3, 0.4) is 0 Å². The van der Waals surface area contributed by atoms with Crippen LogP contribution in [0, 0.1) is 22.7 Å². The topological polar surface area (TPSA) is 158 Å². The van der Waals surface area contributed by atoms with Crippen molar-refractivity contribution in [3.63, 3.8) is 0 Å². The summed E-state index contributed by atoms with van der Waals surface area (Å²) in [5, 5.41) is 46.2. The van der Waals surface area contributed by atoms with Gasteiger partial charge in [0.15, 0.2) is 17.2 Å². The van der Waals surface area contributed by atoms with Crippen molar-refractivity contribution < 1.29 is 44.3 Å². The van der Waals surface area contributed by atoms with Gasteiger partial charge in [0.1, 0.15) is 29.4 Å². The Hall–Kier alpha value is -4.50. The van der Waals surface area contributed by atoms with Crippen molar-refractivity contribution in [2.45, 2.75) is 59.5 Å². The molecule has 9 heteroatoms. The van der Waals surface area contributed by atoms with E-state index in [0.717, 1.165) is 18.1 Å². The minimum Gasteiger partial charge on any atom is -0.508 e. The second-order valence-corrected chi connectivity index (χ2v) is 13.3. The highest BCUT2D eigenvalue weighted by molar-refractivity contribution is 6.24. The Balaban J connectivity index is 1.67. The average molecular weight is 615 g/mol. The van der Waals surface area contributed by atoms with Gasteiger partial charge in [-0.25, -0.2) is 0 Å². The van der Waals surface area contributed by atoms with E-state index >= 15 is 0 Å². The number of benzene rings is 2. The molecule has 0 saturated heterocycles. The first kappa shape index (κ1) is 31.9. The van der Waals surface area contributed by atoms with Gasteiger partial charge in [-0.3, -0.25) is 19.2 Å². The fourth-order valence-corrected chi connectivity index (χ4v) is 8.16. The molecule has 1 fully saturated rings. The molecule has 0 spiro atoms. The molecule has 9 nitrogen and oxygen atoms in total. The number of phenolic OH excluding ortho intramolecular Hbond substituents is 1. The first-order valence-electron chi connectivity index (χ1n) is 14.9. The van der Waals surface area contributed by atoms with Gasteiger partial charge in [-0.2, -0.15) is 0 Å². The van der Waals surface area contributed by atoms with E-state index < -0.39 is 68.7 Å². The summed E-state index contributed by atoms with van der Waals surface area (Å²) in [5.41, 5.74) is -3.39. The molecule has 2 aromatic rings. The van der Waals surface area contributed by atoms with E-state index in [0.29, 0.717) is 11.1 Å². The predicted molar refractivity (Wildman–Crippen MR) is 166 cm³/mol. The molecule has 3 aliphatic carbocycles. The molecule has 0 amide bonds. The summed E-state index contributed by atoms with van der Waals surface area (Å²) < 4.78 is 5.07. The maximum Gasteiger partial charge on any atom is 0.310 e. The van der Waals surface area contributed by atoms with Gasteiger partial charge in [0.05, 0.1) is 12.0 Å². The lowest BCUT2D eigenvalue weighted by atomic mass is 9.43. The van der Waals surface area contributed by atoms with Crippen LogP contribution < -0.4 is 0 Å². The number of esters is 1. The van der Waals surface area contributed by atoms with Crippen LogP contribution in [0.25, 0.3) is 16.9 Å². The average Bonchev–Trinajstić information content (AvgIpc) is 2.94. The van der Waals surface area contributed by atoms with Crippen molar-refractivity contribution in [1.82, 2.24) is 0 Å². The molecule has 45 heavy (non-hydrogen) atoms. The number of hydrogen-bond donors (Lipinski definition) is 4. The number of Topliss-reactive ketones (excluding diaryl/α,β-unsaturated/α-hetero) is 3. The highest BCUT2D eigenvalue weighted by Gasteiger charge is 2.72. The number of rotatable bonds is 7. The largest absolute Gasteiger partial charge is 0.508 e. The van der Waals surface area contributed by atoms with Crippen molar-refractivity contribution in [3.05, 3.63) is 82.6 Å². The third kappa shape index (κ3) is 4.55. The molecule has 0 bridgehead atoms. The second-order valence-electron chi connectivity index (χ2n) is 13.3. The van der Waals surface area contributed by atoms with Crippen LogP contribution in [0.15, 0.2) is 66.0 Å². The minimum absolute atomic E-state index is 0.00571. The maximum atomic E-state index is 14.4. The number of phenols is 1. The number of hydrogen-bond acceptors (Lipinski definition) is 9. The molecule has 0 aromatic heterocycles. The van der Waals surface area contributed by atoms with Gasteiger partial charge in [-0.15, -0.1) is 0 Å². The van der Waals surface area contributed by atoms with Crippen molar-refractivity contribution in [3.8, 4) is 16.9 Å².